The van der Waals surface area contributed by atoms with Crippen LogP contribution in [-0.4, -0.2) is 17.6 Å². The lowest BCUT2D eigenvalue weighted by Crippen LogP contribution is -2.36. The average Bonchev–Trinajstić information content (AvgIpc) is 2.83. The van der Waals surface area contributed by atoms with Crippen molar-refractivity contribution in [3.05, 3.63) is 45.4 Å². The Morgan fingerprint density at radius 1 is 1.39 bits per heavy atom. The molecule has 1 atom stereocenters. The van der Waals surface area contributed by atoms with Gasteiger partial charge in [-0.1, -0.05) is 12.1 Å². The van der Waals surface area contributed by atoms with Gasteiger partial charge in [0.05, 0.1) is 29.9 Å². The van der Waals surface area contributed by atoms with Crippen molar-refractivity contribution in [2.45, 2.75) is 40.3 Å². The highest BCUT2D eigenvalue weighted by atomic mass is 32.1. The van der Waals surface area contributed by atoms with E-state index in [1.807, 2.05) is 52.0 Å². The number of hydrogen-bond donors (Lipinski definition) is 2. The van der Waals surface area contributed by atoms with Crippen molar-refractivity contribution in [1.82, 2.24) is 15.6 Å². The number of benzene rings is 1. The Bertz CT molecular complexity index is 670. The van der Waals surface area contributed by atoms with Crippen molar-refractivity contribution < 1.29 is 9.53 Å². The van der Waals surface area contributed by atoms with Gasteiger partial charge in [0.15, 0.2) is 0 Å². The van der Waals surface area contributed by atoms with Crippen LogP contribution in [0, 0.1) is 13.8 Å². The lowest BCUT2D eigenvalue weighted by Gasteiger charge is -2.16. The molecule has 0 saturated carbocycles. The summed E-state index contributed by atoms with van der Waals surface area (Å²) in [5, 5.41) is 6.84. The van der Waals surface area contributed by atoms with Gasteiger partial charge in [0.25, 0.3) is 0 Å². The Kier molecular flexibility index (Phi) is 5.98. The van der Waals surface area contributed by atoms with Crippen molar-refractivity contribution in [2.75, 3.05) is 6.61 Å². The molecule has 2 aromatic rings. The minimum absolute atomic E-state index is 0.0975. The first-order valence-electron chi connectivity index (χ1n) is 7.69. The molecule has 1 heterocycles. The number of aryl methyl sites for hydroxylation is 2. The second-order valence-corrected chi connectivity index (χ2v) is 6.58. The number of ether oxygens (including phenoxy) is 1. The predicted octanol–water partition coefficient (Wildman–Crippen LogP) is 3.72. The number of carbonyl (C=O) groups is 1. The van der Waals surface area contributed by atoms with E-state index in [4.69, 9.17) is 4.74 Å². The van der Waals surface area contributed by atoms with Crippen LogP contribution in [-0.2, 0) is 6.54 Å². The van der Waals surface area contributed by atoms with E-state index in [0.29, 0.717) is 13.2 Å². The summed E-state index contributed by atoms with van der Waals surface area (Å²) in [5.74, 6) is 0.815. The van der Waals surface area contributed by atoms with Gasteiger partial charge in [-0.25, -0.2) is 9.78 Å². The third kappa shape index (κ3) is 4.96. The Morgan fingerprint density at radius 2 is 2.17 bits per heavy atom. The van der Waals surface area contributed by atoms with Crippen molar-refractivity contribution in [2.24, 2.45) is 0 Å². The summed E-state index contributed by atoms with van der Waals surface area (Å²) >= 11 is 1.61. The number of hydrogen-bond acceptors (Lipinski definition) is 4. The number of nitrogens with one attached hydrogen (secondary N) is 2. The summed E-state index contributed by atoms with van der Waals surface area (Å²) in [6, 6.07) is 7.48. The van der Waals surface area contributed by atoms with Gasteiger partial charge in [-0.15, -0.1) is 11.3 Å². The lowest BCUT2D eigenvalue weighted by atomic mass is 10.1. The van der Waals surface area contributed by atoms with Crippen LogP contribution in [0.5, 0.6) is 5.75 Å². The highest BCUT2D eigenvalue weighted by molar-refractivity contribution is 7.11. The second kappa shape index (κ2) is 7.97. The lowest BCUT2D eigenvalue weighted by molar-refractivity contribution is 0.237. The van der Waals surface area contributed by atoms with Gasteiger partial charge in [0.1, 0.15) is 5.75 Å². The SMILES string of the molecule is CCOc1cccc(C(C)NC(=O)NCc2sc(C)nc2C)c1. The van der Waals surface area contributed by atoms with Gasteiger partial charge in [-0.3, -0.25) is 0 Å². The molecule has 2 N–H and O–H groups in total. The predicted molar refractivity (Wildman–Crippen MR) is 93.0 cm³/mol. The van der Waals surface area contributed by atoms with E-state index in [2.05, 4.69) is 15.6 Å². The quantitative estimate of drug-likeness (QED) is 0.847. The smallest absolute Gasteiger partial charge is 0.315 e. The van der Waals surface area contributed by atoms with Crippen LogP contribution in [0.15, 0.2) is 24.3 Å². The number of aromatic nitrogens is 1. The molecule has 1 aromatic carbocycles. The van der Waals surface area contributed by atoms with E-state index in [9.17, 15) is 4.79 Å². The third-order valence-corrected chi connectivity index (χ3v) is 4.50. The molecule has 124 valence electrons. The maximum absolute atomic E-state index is 12.1. The minimum atomic E-state index is -0.190. The van der Waals surface area contributed by atoms with Crippen LogP contribution in [0.3, 0.4) is 0 Å². The molecule has 1 aromatic heterocycles. The highest BCUT2D eigenvalue weighted by Crippen LogP contribution is 2.19. The molecule has 0 aliphatic heterocycles. The van der Waals surface area contributed by atoms with Gasteiger partial charge >= 0.3 is 6.03 Å². The topological polar surface area (TPSA) is 63.2 Å². The molecule has 5 nitrogen and oxygen atoms in total. The van der Waals surface area contributed by atoms with E-state index >= 15 is 0 Å². The fourth-order valence-electron chi connectivity index (χ4n) is 2.27. The summed E-state index contributed by atoms with van der Waals surface area (Å²) in [5.41, 5.74) is 1.99. The standard InChI is InChI=1S/C17H23N3O2S/c1-5-22-15-8-6-7-14(9-15)11(2)20-17(21)18-10-16-12(3)19-13(4)23-16/h6-9,11H,5,10H2,1-4H3,(H2,18,20,21). The fourth-order valence-corrected chi connectivity index (χ4v) is 3.15. The first-order chi connectivity index (χ1) is 11.0. The zero-order valence-electron chi connectivity index (χ0n) is 14.0. The highest BCUT2D eigenvalue weighted by Gasteiger charge is 2.11. The molecule has 0 aliphatic rings. The third-order valence-electron chi connectivity index (χ3n) is 3.43. The number of amides is 2. The summed E-state index contributed by atoms with van der Waals surface area (Å²) in [7, 11) is 0. The molecular weight excluding hydrogens is 310 g/mol. The number of carbonyl (C=O) groups excluding carboxylic acids is 1. The number of rotatable bonds is 6. The molecule has 0 aliphatic carbocycles. The maximum atomic E-state index is 12.1. The molecule has 0 spiro atoms. The van der Waals surface area contributed by atoms with E-state index in [0.717, 1.165) is 26.9 Å². The van der Waals surface area contributed by atoms with Crippen molar-refractivity contribution in [1.29, 1.82) is 0 Å². The zero-order chi connectivity index (χ0) is 16.8. The van der Waals surface area contributed by atoms with Crippen LogP contribution >= 0.6 is 11.3 Å². The van der Waals surface area contributed by atoms with Gasteiger partial charge in [0, 0.05) is 4.88 Å². The Labute approximate surface area is 141 Å². The van der Waals surface area contributed by atoms with Crippen LogP contribution in [0.1, 0.15) is 41.0 Å². The second-order valence-electron chi connectivity index (χ2n) is 5.30. The number of nitrogens with zero attached hydrogens (tertiary/aromatic N) is 1. The molecule has 0 fully saturated rings. The normalized spacial score (nSPS) is 11.8. The maximum Gasteiger partial charge on any atom is 0.315 e. The molecule has 2 rings (SSSR count). The number of urea groups is 1. The van der Waals surface area contributed by atoms with Crippen molar-refractivity contribution in [3.8, 4) is 5.75 Å². The van der Waals surface area contributed by atoms with Gasteiger partial charge < -0.3 is 15.4 Å². The van der Waals surface area contributed by atoms with Gasteiger partial charge in [-0.2, -0.15) is 0 Å². The first kappa shape index (κ1) is 17.3. The fraction of sp³-hybridized carbons (Fsp3) is 0.412. The average molecular weight is 333 g/mol. The molecule has 2 amide bonds. The van der Waals surface area contributed by atoms with E-state index in [1.165, 1.54) is 0 Å². The van der Waals surface area contributed by atoms with E-state index in [1.54, 1.807) is 11.3 Å². The summed E-state index contributed by atoms with van der Waals surface area (Å²) in [6.45, 7) is 8.95. The first-order valence-corrected chi connectivity index (χ1v) is 8.51. The monoisotopic (exact) mass is 333 g/mol. The van der Waals surface area contributed by atoms with E-state index in [-0.39, 0.29) is 12.1 Å². The van der Waals surface area contributed by atoms with Crippen molar-refractivity contribution in [3.63, 3.8) is 0 Å². The Morgan fingerprint density at radius 3 is 2.83 bits per heavy atom. The van der Waals surface area contributed by atoms with E-state index < -0.39 is 0 Å². The van der Waals surface area contributed by atoms with Gasteiger partial charge in [0.2, 0.25) is 0 Å². The Balaban J connectivity index is 1.89. The molecule has 0 saturated heterocycles. The Hall–Kier alpha value is -2.08. The molecule has 6 heteroatoms. The molecule has 1 unspecified atom stereocenters. The largest absolute Gasteiger partial charge is 0.494 e. The van der Waals surface area contributed by atoms with Crippen LogP contribution in [0.25, 0.3) is 0 Å². The van der Waals surface area contributed by atoms with Crippen LogP contribution < -0.4 is 15.4 Å². The zero-order valence-corrected chi connectivity index (χ0v) is 14.8. The minimum Gasteiger partial charge on any atom is -0.494 e. The van der Waals surface area contributed by atoms with Crippen LogP contribution in [0.2, 0.25) is 0 Å². The molecule has 0 bridgehead atoms. The van der Waals surface area contributed by atoms with Crippen LogP contribution in [0.4, 0.5) is 4.79 Å². The summed E-state index contributed by atoms with van der Waals surface area (Å²) < 4.78 is 5.49. The molecular formula is C17H23N3O2S. The summed E-state index contributed by atoms with van der Waals surface area (Å²) in [4.78, 5) is 17.5. The molecule has 0 radical (unpaired) electrons. The molecule has 23 heavy (non-hydrogen) atoms. The summed E-state index contributed by atoms with van der Waals surface area (Å²) in [6.07, 6.45) is 0. The number of thiazole rings is 1. The van der Waals surface area contributed by atoms with Gasteiger partial charge in [-0.05, 0) is 45.4 Å². The van der Waals surface area contributed by atoms with Crippen molar-refractivity contribution >= 4 is 17.4 Å².